The summed E-state index contributed by atoms with van der Waals surface area (Å²) in [5.74, 6) is 1.38. The molecule has 0 aromatic carbocycles. The van der Waals surface area contributed by atoms with Gasteiger partial charge in [0.2, 0.25) is 0 Å². The van der Waals surface area contributed by atoms with E-state index in [0.29, 0.717) is 17.9 Å². The van der Waals surface area contributed by atoms with Crippen molar-refractivity contribution in [3.63, 3.8) is 0 Å². The van der Waals surface area contributed by atoms with Gasteiger partial charge in [0.25, 0.3) is 5.91 Å². The predicted molar refractivity (Wildman–Crippen MR) is 69.3 cm³/mol. The SMILES string of the molecule is Cc1ncccc1C(=O)N1CC2CNCC2C1C. The van der Waals surface area contributed by atoms with Gasteiger partial charge >= 0.3 is 0 Å². The van der Waals surface area contributed by atoms with E-state index in [2.05, 4.69) is 17.2 Å². The van der Waals surface area contributed by atoms with Gasteiger partial charge < -0.3 is 10.2 Å². The minimum absolute atomic E-state index is 0.141. The molecule has 0 saturated carbocycles. The van der Waals surface area contributed by atoms with Crippen LogP contribution in [0.25, 0.3) is 0 Å². The number of aromatic nitrogens is 1. The molecule has 0 aliphatic carbocycles. The summed E-state index contributed by atoms with van der Waals surface area (Å²) in [4.78, 5) is 18.8. The van der Waals surface area contributed by atoms with Crippen LogP contribution in [0, 0.1) is 18.8 Å². The Morgan fingerprint density at radius 3 is 3.06 bits per heavy atom. The summed E-state index contributed by atoms with van der Waals surface area (Å²) >= 11 is 0. The van der Waals surface area contributed by atoms with Gasteiger partial charge in [-0.15, -0.1) is 0 Å². The Kier molecular flexibility index (Phi) is 2.82. The minimum atomic E-state index is 0.141. The van der Waals surface area contributed by atoms with Crippen molar-refractivity contribution in [2.45, 2.75) is 19.9 Å². The van der Waals surface area contributed by atoms with E-state index >= 15 is 0 Å². The van der Waals surface area contributed by atoms with Crippen LogP contribution in [0.5, 0.6) is 0 Å². The number of pyridine rings is 1. The zero-order chi connectivity index (χ0) is 12.7. The van der Waals surface area contributed by atoms with Crippen LogP contribution < -0.4 is 5.32 Å². The molecule has 1 amide bonds. The predicted octanol–water partition coefficient (Wildman–Crippen LogP) is 1.07. The van der Waals surface area contributed by atoms with Crippen LogP contribution in [0.3, 0.4) is 0 Å². The van der Waals surface area contributed by atoms with Gasteiger partial charge in [0.15, 0.2) is 0 Å². The maximum atomic E-state index is 12.6. The molecule has 1 aromatic heterocycles. The minimum Gasteiger partial charge on any atom is -0.335 e. The van der Waals surface area contributed by atoms with Crippen molar-refractivity contribution in [2.24, 2.45) is 11.8 Å². The highest BCUT2D eigenvalue weighted by Gasteiger charge is 2.43. The van der Waals surface area contributed by atoms with E-state index < -0.39 is 0 Å². The summed E-state index contributed by atoms with van der Waals surface area (Å²) in [7, 11) is 0. The number of aryl methyl sites for hydroxylation is 1. The molecule has 96 valence electrons. The summed E-state index contributed by atoms with van der Waals surface area (Å²) in [5.41, 5.74) is 1.57. The van der Waals surface area contributed by atoms with Crippen LogP contribution in [0.4, 0.5) is 0 Å². The molecule has 2 aliphatic rings. The van der Waals surface area contributed by atoms with Gasteiger partial charge in [-0.2, -0.15) is 0 Å². The van der Waals surface area contributed by atoms with E-state index in [4.69, 9.17) is 0 Å². The van der Waals surface area contributed by atoms with Gasteiger partial charge in [-0.1, -0.05) is 0 Å². The fourth-order valence-electron chi connectivity index (χ4n) is 3.30. The normalized spacial score (nSPS) is 30.6. The molecule has 18 heavy (non-hydrogen) atoms. The number of amides is 1. The molecule has 4 nitrogen and oxygen atoms in total. The van der Waals surface area contributed by atoms with E-state index in [0.717, 1.165) is 30.9 Å². The van der Waals surface area contributed by atoms with E-state index in [1.807, 2.05) is 24.0 Å². The van der Waals surface area contributed by atoms with Crippen LogP contribution in [0.15, 0.2) is 18.3 Å². The third-order valence-electron chi connectivity index (χ3n) is 4.43. The number of carbonyl (C=O) groups is 1. The first-order valence-corrected chi connectivity index (χ1v) is 6.62. The van der Waals surface area contributed by atoms with E-state index in [-0.39, 0.29) is 5.91 Å². The van der Waals surface area contributed by atoms with Crippen LogP contribution in [-0.4, -0.2) is 41.5 Å². The fraction of sp³-hybridized carbons (Fsp3) is 0.571. The van der Waals surface area contributed by atoms with Crippen molar-refractivity contribution >= 4 is 5.91 Å². The lowest BCUT2D eigenvalue weighted by atomic mass is 9.95. The Bertz CT molecular complexity index is 474. The second-order valence-electron chi connectivity index (χ2n) is 5.42. The van der Waals surface area contributed by atoms with Crippen molar-refractivity contribution in [2.75, 3.05) is 19.6 Å². The summed E-state index contributed by atoms with van der Waals surface area (Å²) < 4.78 is 0. The zero-order valence-electron chi connectivity index (χ0n) is 10.9. The molecule has 0 spiro atoms. The first kappa shape index (κ1) is 11.7. The zero-order valence-corrected chi connectivity index (χ0v) is 10.9. The van der Waals surface area contributed by atoms with Gasteiger partial charge in [-0.05, 0) is 37.8 Å². The van der Waals surface area contributed by atoms with Crippen molar-refractivity contribution in [1.82, 2.24) is 15.2 Å². The topological polar surface area (TPSA) is 45.2 Å². The average Bonchev–Trinajstić information content (AvgIpc) is 2.93. The number of fused-ring (bicyclic) bond motifs is 1. The highest BCUT2D eigenvalue weighted by molar-refractivity contribution is 5.95. The molecule has 4 heteroatoms. The molecule has 3 unspecified atom stereocenters. The van der Waals surface area contributed by atoms with Crippen molar-refractivity contribution in [3.05, 3.63) is 29.6 Å². The lowest BCUT2D eigenvalue weighted by Crippen LogP contribution is -2.38. The van der Waals surface area contributed by atoms with Gasteiger partial charge in [0.1, 0.15) is 0 Å². The largest absolute Gasteiger partial charge is 0.335 e. The van der Waals surface area contributed by atoms with Crippen LogP contribution in [-0.2, 0) is 0 Å². The number of rotatable bonds is 1. The van der Waals surface area contributed by atoms with Crippen molar-refractivity contribution < 1.29 is 4.79 Å². The maximum absolute atomic E-state index is 12.6. The quantitative estimate of drug-likeness (QED) is 0.805. The summed E-state index contributed by atoms with van der Waals surface area (Å²) in [6, 6.07) is 4.05. The molecule has 3 rings (SSSR count). The Hall–Kier alpha value is -1.42. The molecular formula is C14H19N3O. The fourth-order valence-corrected chi connectivity index (χ4v) is 3.30. The van der Waals surface area contributed by atoms with Crippen LogP contribution in [0.2, 0.25) is 0 Å². The number of hydrogen-bond acceptors (Lipinski definition) is 3. The van der Waals surface area contributed by atoms with Crippen molar-refractivity contribution in [3.8, 4) is 0 Å². The molecule has 1 N–H and O–H groups in total. The first-order chi connectivity index (χ1) is 8.68. The third kappa shape index (κ3) is 1.72. The lowest BCUT2D eigenvalue weighted by molar-refractivity contribution is 0.0727. The Morgan fingerprint density at radius 1 is 1.50 bits per heavy atom. The monoisotopic (exact) mass is 245 g/mol. The number of likely N-dealkylation sites (tertiary alicyclic amines) is 1. The molecule has 2 fully saturated rings. The number of nitrogens with one attached hydrogen (secondary N) is 1. The Labute approximate surface area is 107 Å². The number of carbonyl (C=O) groups excluding carboxylic acids is 1. The molecule has 0 radical (unpaired) electrons. The number of hydrogen-bond donors (Lipinski definition) is 1. The van der Waals surface area contributed by atoms with Gasteiger partial charge in [0, 0.05) is 37.6 Å². The van der Waals surface area contributed by atoms with Gasteiger partial charge in [-0.25, -0.2) is 0 Å². The highest BCUT2D eigenvalue weighted by Crippen LogP contribution is 2.33. The van der Waals surface area contributed by atoms with E-state index in [9.17, 15) is 4.79 Å². The average molecular weight is 245 g/mol. The summed E-state index contributed by atoms with van der Waals surface area (Å²) in [5, 5.41) is 3.42. The summed E-state index contributed by atoms with van der Waals surface area (Å²) in [6.07, 6.45) is 1.73. The second-order valence-corrected chi connectivity index (χ2v) is 5.42. The van der Waals surface area contributed by atoms with Crippen LogP contribution >= 0.6 is 0 Å². The van der Waals surface area contributed by atoms with E-state index in [1.165, 1.54) is 0 Å². The van der Waals surface area contributed by atoms with Gasteiger partial charge in [0.05, 0.1) is 5.56 Å². The van der Waals surface area contributed by atoms with Crippen molar-refractivity contribution in [1.29, 1.82) is 0 Å². The first-order valence-electron chi connectivity index (χ1n) is 6.62. The molecule has 2 aliphatic heterocycles. The third-order valence-corrected chi connectivity index (χ3v) is 4.43. The Balaban J connectivity index is 1.84. The molecule has 1 aromatic rings. The molecule has 0 bridgehead atoms. The highest BCUT2D eigenvalue weighted by atomic mass is 16.2. The maximum Gasteiger partial charge on any atom is 0.255 e. The Morgan fingerprint density at radius 2 is 2.33 bits per heavy atom. The van der Waals surface area contributed by atoms with Gasteiger partial charge in [-0.3, -0.25) is 9.78 Å². The molecule has 3 atom stereocenters. The molecule has 2 saturated heterocycles. The summed E-state index contributed by atoms with van der Waals surface area (Å²) in [6.45, 7) is 7.04. The molecular weight excluding hydrogens is 226 g/mol. The van der Waals surface area contributed by atoms with Crippen LogP contribution in [0.1, 0.15) is 23.0 Å². The second kappa shape index (κ2) is 4.35. The lowest BCUT2D eigenvalue weighted by Gasteiger charge is -2.25. The molecule has 3 heterocycles. The smallest absolute Gasteiger partial charge is 0.255 e. The van der Waals surface area contributed by atoms with E-state index in [1.54, 1.807) is 6.20 Å². The number of nitrogens with zero attached hydrogens (tertiary/aromatic N) is 2. The standard InChI is InChI=1S/C14H19N3O/c1-9-12(4-3-5-16-9)14(18)17-8-11-6-15-7-13(11)10(17)2/h3-5,10-11,13,15H,6-8H2,1-2H3.